The molecule has 0 unspecified atom stereocenters. The first kappa shape index (κ1) is 17.2. The molecule has 8 heteroatoms. The third-order valence-electron chi connectivity index (χ3n) is 3.55. The van der Waals surface area contributed by atoms with Gasteiger partial charge in [-0.15, -0.1) is 10.2 Å². The average Bonchev–Trinajstić information content (AvgIpc) is 2.99. The van der Waals surface area contributed by atoms with E-state index in [-0.39, 0.29) is 17.9 Å². The van der Waals surface area contributed by atoms with Crippen molar-refractivity contribution < 1.29 is 4.79 Å². The number of carbonyl (C=O) groups excluding carboxylic acids is 1. The van der Waals surface area contributed by atoms with E-state index in [2.05, 4.69) is 39.3 Å². The third-order valence-corrected chi connectivity index (χ3v) is 4.41. The van der Waals surface area contributed by atoms with E-state index in [9.17, 15) is 9.59 Å². The van der Waals surface area contributed by atoms with Gasteiger partial charge in [0.15, 0.2) is 0 Å². The molecule has 0 bridgehead atoms. The van der Waals surface area contributed by atoms with Gasteiger partial charge in [-0.3, -0.25) is 9.59 Å². The van der Waals surface area contributed by atoms with E-state index in [1.165, 1.54) is 11.3 Å². The van der Waals surface area contributed by atoms with Crippen LogP contribution in [0.4, 0.5) is 5.13 Å². The number of anilines is 1. The Balaban J connectivity index is 1.60. The molecule has 0 saturated carbocycles. The maximum absolute atomic E-state index is 12.1. The molecule has 0 aliphatic carbocycles. The molecule has 25 heavy (non-hydrogen) atoms. The molecule has 3 aromatic rings. The first-order valence-electron chi connectivity index (χ1n) is 8.11. The molecule has 1 aromatic carbocycles. The van der Waals surface area contributed by atoms with Gasteiger partial charge in [0, 0.05) is 19.3 Å². The molecule has 0 aliphatic rings. The normalized spacial score (nSPS) is 11.2. The first-order chi connectivity index (χ1) is 12.0. The number of benzene rings is 1. The minimum absolute atomic E-state index is 0.178. The maximum atomic E-state index is 12.1. The second-order valence-corrected chi connectivity index (χ2v) is 7.24. The summed E-state index contributed by atoms with van der Waals surface area (Å²) in [5.41, 5.74) is 0.438. The van der Waals surface area contributed by atoms with E-state index in [0.29, 0.717) is 34.2 Å². The molecule has 0 radical (unpaired) electrons. The fraction of sp³-hybridized carbons (Fsp3) is 0.353. The van der Waals surface area contributed by atoms with Crippen LogP contribution in [-0.4, -0.2) is 26.1 Å². The van der Waals surface area contributed by atoms with Gasteiger partial charge in [-0.1, -0.05) is 37.3 Å². The molecule has 3 rings (SSSR count). The second kappa shape index (κ2) is 7.52. The lowest BCUT2D eigenvalue weighted by atomic mass is 10.1. The van der Waals surface area contributed by atoms with Gasteiger partial charge < -0.3 is 10.3 Å². The fourth-order valence-electron chi connectivity index (χ4n) is 2.40. The molecule has 2 heterocycles. The largest absolute Gasteiger partial charge is 0.310 e. The van der Waals surface area contributed by atoms with Crippen LogP contribution in [-0.2, 0) is 17.6 Å². The van der Waals surface area contributed by atoms with Gasteiger partial charge in [-0.25, -0.2) is 4.98 Å². The van der Waals surface area contributed by atoms with E-state index >= 15 is 0 Å². The summed E-state index contributed by atoms with van der Waals surface area (Å²) in [6, 6.07) is 7.13. The number of para-hydroxylation sites is 1. The number of fused-ring (bicyclic) bond motifs is 1. The van der Waals surface area contributed by atoms with Gasteiger partial charge in [0.25, 0.3) is 5.56 Å². The van der Waals surface area contributed by atoms with Crippen LogP contribution < -0.4 is 10.9 Å². The number of nitrogens with zero attached hydrogens (tertiary/aromatic N) is 3. The van der Waals surface area contributed by atoms with Gasteiger partial charge in [-0.2, -0.15) is 0 Å². The van der Waals surface area contributed by atoms with E-state index in [0.717, 1.165) is 11.4 Å². The number of carbonyl (C=O) groups is 1. The Morgan fingerprint density at radius 1 is 1.28 bits per heavy atom. The number of hydrogen-bond acceptors (Lipinski definition) is 6. The van der Waals surface area contributed by atoms with Gasteiger partial charge in [0.2, 0.25) is 11.0 Å². The molecule has 0 atom stereocenters. The molecule has 0 fully saturated rings. The van der Waals surface area contributed by atoms with E-state index in [4.69, 9.17) is 0 Å². The predicted molar refractivity (Wildman–Crippen MR) is 97.8 cm³/mol. The molecular weight excluding hydrogens is 338 g/mol. The summed E-state index contributed by atoms with van der Waals surface area (Å²) in [5.74, 6) is 0.812. The van der Waals surface area contributed by atoms with Crippen LogP contribution in [0.15, 0.2) is 29.1 Å². The molecule has 130 valence electrons. The highest BCUT2D eigenvalue weighted by Crippen LogP contribution is 2.18. The van der Waals surface area contributed by atoms with Crippen LogP contribution in [0.2, 0.25) is 0 Å². The Kier molecular flexibility index (Phi) is 5.18. The summed E-state index contributed by atoms with van der Waals surface area (Å²) in [6.07, 6.45) is 1.40. The Morgan fingerprint density at radius 3 is 2.88 bits per heavy atom. The van der Waals surface area contributed by atoms with Crippen LogP contribution in [0.5, 0.6) is 0 Å². The monoisotopic (exact) mass is 357 g/mol. The molecule has 0 spiro atoms. The lowest BCUT2D eigenvalue weighted by molar-refractivity contribution is -0.116. The van der Waals surface area contributed by atoms with Crippen molar-refractivity contribution >= 4 is 33.3 Å². The highest BCUT2D eigenvalue weighted by Gasteiger charge is 2.11. The zero-order valence-corrected chi connectivity index (χ0v) is 14.9. The van der Waals surface area contributed by atoms with Crippen LogP contribution in [0.1, 0.15) is 31.1 Å². The van der Waals surface area contributed by atoms with Gasteiger partial charge >= 0.3 is 0 Å². The number of aryl methyl sites for hydroxylation is 1. The number of aromatic nitrogens is 4. The second-order valence-electron chi connectivity index (χ2n) is 6.18. The molecule has 0 aliphatic heterocycles. The molecule has 2 aromatic heterocycles. The molecule has 7 nitrogen and oxygen atoms in total. The van der Waals surface area contributed by atoms with Gasteiger partial charge in [0.1, 0.15) is 10.8 Å². The smallest absolute Gasteiger partial charge is 0.258 e. The highest BCUT2D eigenvalue weighted by atomic mass is 32.1. The number of rotatable bonds is 6. The van der Waals surface area contributed by atoms with E-state index in [1.807, 2.05) is 6.07 Å². The highest BCUT2D eigenvalue weighted by molar-refractivity contribution is 7.15. The third kappa shape index (κ3) is 4.48. The van der Waals surface area contributed by atoms with Crippen LogP contribution in [0, 0.1) is 5.92 Å². The van der Waals surface area contributed by atoms with Crippen LogP contribution in [0.25, 0.3) is 10.9 Å². The summed E-state index contributed by atoms with van der Waals surface area (Å²) >= 11 is 1.39. The Labute approximate surface area is 148 Å². The van der Waals surface area contributed by atoms with E-state index in [1.54, 1.807) is 18.2 Å². The quantitative estimate of drug-likeness (QED) is 0.706. The number of hydrogen-bond donors (Lipinski definition) is 2. The molecule has 0 saturated heterocycles. The Bertz CT molecular complexity index is 947. The van der Waals surface area contributed by atoms with Crippen molar-refractivity contribution in [3.8, 4) is 0 Å². The number of H-pyrrole nitrogens is 1. The Hall–Kier alpha value is -2.61. The van der Waals surface area contributed by atoms with Crippen molar-refractivity contribution in [2.45, 2.75) is 33.1 Å². The lowest BCUT2D eigenvalue weighted by Crippen LogP contribution is -2.16. The maximum Gasteiger partial charge on any atom is 0.258 e. The SMILES string of the molecule is CC(C)Cc1nnc(NC(=O)CCc2nc3ccccc3c(=O)[nH]2)s1. The van der Waals surface area contributed by atoms with Crippen molar-refractivity contribution in [3.05, 3.63) is 45.5 Å². The Morgan fingerprint density at radius 2 is 2.08 bits per heavy atom. The lowest BCUT2D eigenvalue weighted by Gasteiger charge is -2.03. The van der Waals surface area contributed by atoms with Crippen molar-refractivity contribution in [2.24, 2.45) is 5.92 Å². The van der Waals surface area contributed by atoms with Crippen molar-refractivity contribution in [2.75, 3.05) is 5.32 Å². The molecular formula is C17H19N5O2S. The van der Waals surface area contributed by atoms with Gasteiger partial charge in [-0.05, 0) is 18.1 Å². The standard InChI is InChI=1S/C17H19N5O2S/c1-10(2)9-15-21-22-17(25-15)20-14(23)8-7-13-18-12-6-4-3-5-11(12)16(24)19-13/h3-6,10H,7-9H2,1-2H3,(H,18,19,24)(H,20,22,23). The average molecular weight is 357 g/mol. The number of amides is 1. The summed E-state index contributed by atoms with van der Waals surface area (Å²) < 4.78 is 0. The summed E-state index contributed by atoms with van der Waals surface area (Å²) in [7, 11) is 0. The fourth-order valence-corrected chi connectivity index (χ4v) is 3.37. The van der Waals surface area contributed by atoms with Gasteiger partial charge in [0.05, 0.1) is 10.9 Å². The zero-order chi connectivity index (χ0) is 17.8. The minimum atomic E-state index is -0.191. The number of nitrogens with one attached hydrogen (secondary N) is 2. The number of aromatic amines is 1. The van der Waals surface area contributed by atoms with Crippen molar-refractivity contribution in [1.29, 1.82) is 0 Å². The van der Waals surface area contributed by atoms with Crippen molar-refractivity contribution in [1.82, 2.24) is 20.2 Å². The predicted octanol–water partition coefficient (Wildman–Crippen LogP) is 2.54. The summed E-state index contributed by atoms with van der Waals surface area (Å²) in [6.45, 7) is 4.22. The van der Waals surface area contributed by atoms with Crippen LogP contribution in [0.3, 0.4) is 0 Å². The first-order valence-corrected chi connectivity index (χ1v) is 8.93. The topological polar surface area (TPSA) is 101 Å². The summed E-state index contributed by atoms with van der Waals surface area (Å²) in [4.78, 5) is 31.2. The van der Waals surface area contributed by atoms with Crippen molar-refractivity contribution in [3.63, 3.8) is 0 Å². The molecule has 1 amide bonds. The van der Waals surface area contributed by atoms with Crippen LogP contribution >= 0.6 is 11.3 Å². The minimum Gasteiger partial charge on any atom is -0.310 e. The molecule has 2 N–H and O–H groups in total. The zero-order valence-electron chi connectivity index (χ0n) is 14.1. The van der Waals surface area contributed by atoms with E-state index < -0.39 is 0 Å². The summed E-state index contributed by atoms with van der Waals surface area (Å²) in [5, 5.41) is 12.7.